The summed E-state index contributed by atoms with van der Waals surface area (Å²) in [6.07, 6.45) is 1.87. The number of hydrogen-bond acceptors (Lipinski definition) is 2. The fourth-order valence-electron chi connectivity index (χ4n) is 0.706. The summed E-state index contributed by atoms with van der Waals surface area (Å²) in [6.45, 7) is 0. The lowest BCUT2D eigenvalue weighted by molar-refractivity contribution is 0.0575. The van der Waals surface area contributed by atoms with Crippen molar-refractivity contribution in [2.45, 2.75) is 12.5 Å². The van der Waals surface area contributed by atoms with E-state index in [9.17, 15) is 8.78 Å². The van der Waals surface area contributed by atoms with Crippen LogP contribution < -0.4 is 0 Å². The van der Waals surface area contributed by atoms with Gasteiger partial charge in [-0.1, -0.05) is 5.92 Å². The molecule has 0 amide bonds. The van der Waals surface area contributed by atoms with Crippen molar-refractivity contribution in [1.29, 1.82) is 0 Å². The number of halogens is 2. The Hall–Kier alpha value is -0.270. The van der Waals surface area contributed by atoms with Gasteiger partial charge >= 0.3 is 0 Å². The molecule has 1 nitrogen and oxygen atoms in total. The van der Waals surface area contributed by atoms with Gasteiger partial charge in [0.25, 0.3) is 0 Å². The maximum absolute atomic E-state index is 12.0. The summed E-state index contributed by atoms with van der Waals surface area (Å²) < 4.78 is 28.8. The summed E-state index contributed by atoms with van der Waals surface area (Å²) >= 11 is 1.02. The molecule has 0 N–H and O–H groups in total. The van der Waals surface area contributed by atoms with E-state index in [1.54, 1.807) is 0 Å². The molecule has 4 heteroatoms. The number of rotatable bonds is 1. The van der Waals surface area contributed by atoms with Gasteiger partial charge in [-0.05, 0) is 12.0 Å². The highest BCUT2D eigenvalue weighted by atomic mass is 32.2. The fraction of sp³-hybridized carbons (Fsp3) is 0.667. The Kier molecular flexibility index (Phi) is 2.52. The van der Waals surface area contributed by atoms with E-state index in [1.165, 1.54) is 0 Å². The summed E-state index contributed by atoms with van der Waals surface area (Å²) in [7, 11) is 0. The Bertz CT molecular complexity index is 154. The smallest absolute Gasteiger partial charge is 0.245 e. The molecule has 0 bridgehead atoms. The molecule has 1 saturated heterocycles. The highest BCUT2D eigenvalue weighted by Gasteiger charge is 2.34. The molecular formula is C6H6F2OS. The van der Waals surface area contributed by atoms with Crippen molar-refractivity contribution in [3.63, 3.8) is 0 Å². The first kappa shape index (κ1) is 7.83. The maximum atomic E-state index is 12.0. The van der Waals surface area contributed by atoms with Crippen LogP contribution in [0, 0.1) is 18.3 Å². The molecule has 56 valence electrons. The van der Waals surface area contributed by atoms with Crippen LogP contribution in [0.5, 0.6) is 0 Å². The number of hydrogen-bond donors (Lipinski definition) is 0. The standard InChI is InChI=1S/C6H6F2OS/c1-2-5-4(6(7)8)3-10-9-5/h1,4-6H,3H2. The number of terminal acetylenes is 1. The highest BCUT2D eigenvalue weighted by Crippen LogP contribution is 2.31. The zero-order valence-corrected chi connectivity index (χ0v) is 5.91. The van der Waals surface area contributed by atoms with Crippen LogP contribution in [0.3, 0.4) is 0 Å². The van der Waals surface area contributed by atoms with E-state index >= 15 is 0 Å². The monoisotopic (exact) mass is 164 g/mol. The largest absolute Gasteiger partial charge is 0.299 e. The minimum Gasteiger partial charge on any atom is -0.299 e. The molecule has 1 rings (SSSR count). The molecule has 0 aromatic carbocycles. The summed E-state index contributed by atoms with van der Waals surface area (Å²) in [5.74, 6) is 1.69. The molecule has 1 aliphatic rings. The summed E-state index contributed by atoms with van der Waals surface area (Å²) in [5.41, 5.74) is 0. The van der Waals surface area contributed by atoms with Gasteiger partial charge in [0, 0.05) is 5.75 Å². The zero-order valence-electron chi connectivity index (χ0n) is 5.09. The molecule has 0 saturated carbocycles. The van der Waals surface area contributed by atoms with Crippen LogP contribution in [-0.4, -0.2) is 18.3 Å². The van der Waals surface area contributed by atoms with Gasteiger partial charge in [0.15, 0.2) is 0 Å². The van der Waals surface area contributed by atoms with Gasteiger partial charge in [-0.3, -0.25) is 4.18 Å². The lowest BCUT2D eigenvalue weighted by Gasteiger charge is -2.08. The van der Waals surface area contributed by atoms with E-state index in [2.05, 4.69) is 5.92 Å². The van der Waals surface area contributed by atoms with Crippen LogP contribution in [0.1, 0.15) is 0 Å². The van der Waals surface area contributed by atoms with Gasteiger partial charge in [-0.2, -0.15) is 0 Å². The first-order valence-corrected chi connectivity index (χ1v) is 3.69. The Morgan fingerprint density at radius 3 is 2.80 bits per heavy atom. The van der Waals surface area contributed by atoms with Crippen LogP contribution in [0.2, 0.25) is 0 Å². The lowest BCUT2D eigenvalue weighted by atomic mass is 10.1. The van der Waals surface area contributed by atoms with Gasteiger partial charge in [0.1, 0.15) is 6.10 Å². The molecule has 0 aliphatic carbocycles. The van der Waals surface area contributed by atoms with Gasteiger partial charge in [0.05, 0.1) is 5.92 Å². The van der Waals surface area contributed by atoms with E-state index in [4.69, 9.17) is 10.6 Å². The third-order valence-electron chi connectivity index (χ3n) is 1.31. The van der Waals surface area contributed by atoms with Gasteiger partial charge in [-0.15, -0.1) is 6.42 Å². The van der Waals surface area contributed by atoms with Gasteiger partial charge in [0.2, 0.25) is 6.43 Å². The predicted molar refractivity (Wildman–Crippen MR) is 35.7 cm³/mol. The molecule has 1 aliphatic heterocycles. The zero-order chi connectivity index (χ0) is 7.56. The normalized spacial score (nSPS) is 32.6. The maximum Gasteiger partial charge on any atom is 0.245 e. The molecule has 0 radical (unpaired) electrons. The fourth-order valence-corrected chi connectivity index (χ4v) is 1.61. The molecule has 0 spiro atoms. The minimum atomic E-state index is -2.36. The topological polar surface area (TPSA) is 9.23 Å². The van der Waals surface area contributed by atoms with Crippen LogP contribution in [0.4, 0.5) is 8.78 Å². The van der Waals surface area contributed by atoms with Gasteiger partial charge < -0.3 is 0 Å². The Balaban J connectivity index is 2.52. The van der Waals surface area contributed by atoms with E-state index in [0.29, 0.717) is 5.75 Å². The third-order valence-corrected chi connectivity index (χ3v) is 2.17. The Labute approximate surface area is 62.3 Å². The summed E-state index contributed by atoms with van der Waals surface area (Å²) in [4.78, 5) is 0. The van der Waals surface area contributed by atoms with Crippen LogP contribution in [-0.2, 0) is 4.18 Å². The molecule has 1 heterocycles. The molecule has 0 aromatic heterocycles. The summed E-state index contributed by atoms with van der Waals surface area (Å²) in [6, 6.07) is 0. The second-order valence-electron chi connectivity index (χ2n) is 1.97. The predicted octanol–water partition coefficient (Wildman–Crippen LogP) is 1.55. The van der Waals surface area contributed by atoms with Crippen LogP contribution in [0.15, 0.2) is 0 Å². The second-order valence-corrected chi connectivity index (χ2v) is 2.73. The van der Waals surface area contributed by atoms with Crippen molar-refractivity contribution < 1.29 is 13.0 Å². The summed E-state index contributed by atoms with van der Waals surface area (Å²) in [5, 5.41) is 0. The van der Waals surface area contributed by atoms with E-state index < -0.39 is 18.4 Å². The minimum absolute atomic E-state index is 0.298. The molecule has 2 unspecified atom stereocenters. The van der Waals surface area contributed by atoms with E-state index in [-0.39, 0.29) is 0 Å². The first-order valence-electron chi connectivity index (χ1n) is 2.78. The van der Waals surface area contributed by atoms with Crippen LogP contribution in [0.25, 0.3) is 0 Å². The molecule has 10 heavy (non-hydrogen) atoms. The van der Waals surface area contributed by atoms with Crippen molar-refractivity contribution in [2.75, 3.05) is 5.75 Å². The second kappa shape index (κ2) is 3.22. The van der Waals surface area contributed by atoms with Crippen LogP contribution >= 0.6 is 12.0 Å². The van der Waals surface area contributed by atoms with Crippen molar-refractivity contribution in [1.82, 2.24) is 0 Å². The molecule has 2 atom stereocenters. The van der Waals surface area contributed by atoms with Crippen molar-refractivity contribution in [3.05, 3.63) is 0 Å². The van der Waals surface area contributed by atoms with Crippen molar-refractivity contribution >= 4 is 12.0 Å². The molecule has 1 fully saturated rings. The number of alkyl halides is 2. The van der Waals surface area contributed by atoms with Crippen molar-refractivity contribution in [3.8, 4) is 12.3 Å². The average Bonchev–Trinajstić information content (AvgIpc) is 2.33. The van der Waals surface area contributed by atoms with E-state index in [1.807, 2.05) is 0 Å². The molecule has 0 aromatic rings. The average molecular weight is 164 g/mol. The van der Waals surface area contributed by atoms with E-state index in [0.717, 1.165) is 12.0 Å². The Morgan fingerprint density at radius 2 is 2.40 bits per heavy atom. The van der Waals surface area contributed by atoms with Gasteiger partial charge in [-0.25, -0.2) is 8.78 Å². The highest BCUT2D eigenvalue weighted by molar-refractivity contribution is 7.94. The Morgan fingerprint density at radius 1 is 1.70 bits per heavy atom. The first-order chi connectivity index (χ1) is 4.75. The quantitative estimate of drug-likeness (QED) is 0.429. The molecular weight excluding hydrogens is 158 g/mol. The SMILES string of the molecule is C#CC1OSCC1C(F)F. The third kappa shape index (κ3) is 1.41. The lowest BCUT2D eigenvalue weighted by Crippen LogP contribution is -2.22. The van der Waals surface area contributed by atoms with Crippen molar-refractivity contribution in [2.24, 2.45) is 5.92 Å².